The molecule has 0 radical (unpaired) electrons. The number of rotatable bonds is 5. The van der Waals surface area contributed by atoms with Gasteiger partial charge in [0, 0.05) is 38.6 Å². The number of nitrogens with one attached hydrogen (secondary N) is 1. The lowest BCUT2D eigenvalue weighted by Crippen LogP contribution is -2.51. The maximum Gasteiger partial charge on any atom is 0.279 e. The number of hydrogen-bond acceptors (Lipinski definition) is 3. The van der Waals surface area contributed by atoms with Crippen molar-refractivity contribution in [1.82, 2.24) is 13.9 Å². The predicted octanol–water partition coefficient (Wildman–Crippen LogP) is 1.34. The second-order valence-electron chi connectivity index (χ2n) is 6.84. The summed E-state index contributed by atoms with van der Waals surface area (Å²) in [5, 5.41) is 0. The molecule has 0 atom stereocenters. The highest BCUT2D eigenvalue weighted by atomic mass is 32.2. The molecule has 128 valence electrons. The van der Waals surface area contributed by atoms with E-state index in [1.54, 1.807) is 4.31 Å². The first kappa shape index (κ1) is 17.7. The maximum atomic E-state index is 12.3. The van der Waals surface area contributed by atoms with Crippen molar-refractivity contribution in [1.29, 1.82) is 0 Å². The van der Waals surface area contributed by atoms with Crippen molar-refractivity contribution in [2.45, 2.75) is 58.4 Å². The van der Waals surface area contributed by atoms with Gasteiger partial charge in [-0.25, -0.2) is 0 Å². The quantitative estimate of drug-likeness (QED) is 0.826. The van der Waals surface area contributed by atoms with Crippen molar-refractivity contribution < 1.29 is 13.2 Å². The van der Waals surface area contributed by atoms with Gasteiger partial charge in [-0.05, 0) is 31.6 Å². The van der Waals surface area contributed by atoms with E-state index in [1.807, 2.05) is 18.7 Å². The van der Waals surface area contributed by atoms with Gasteiger partial charge in [-0.15, -0.1) is 0 Å². The molecular weight excluding hydrogens is 302 g/mol. The van der Waals surface area contributed by atoms with Crippen LogP contribution in [0, 0.1) is 5.92 Å². The number of amides is 1. The van der Waals surface area contributed by atoms with E-state index < -0.39 is 10.2 Å². The van der Waals surface area contributed by atoms with Gasteiger partial charge in [0.15, 0.2) is 0 Å². The molecule has 7 heteroatoms. The Bertz CT molecular complexity index is 464. The Morgan fingerprint density at radius 3 is 2.23 bits per heavy atom. The van der Waals surface area contributed by atoms with Crippen LogP contribution in [0.2, 0.25) is 0 Å². The molecule has 0 aromatic rings. The molecule has 0 aliphatic carbocycles. The van der Waals surface area contributed by atoms with Crippen molar-refractivity contribution in [3.05, 3.63) is 0 Å². The second kappa shape index (κ2) is 7.75. The molecule has 2 heterocycles. The van der Waals surface area contributed by atoms with Crippen molar-refractivity contribution in [3.63, 3.8) is 0 Å². The van der Waals surface area contributed by atoms with Gasteiger partial charge in [0.25, 0.3) is 10.2 Å². The third-order valence-electron chi connectivity index (χ3n) is 4.40. The zero-order valence-electron chi connectivity index (χ0n) is 13.8. The topological polar surface area (TPSA) is 69.7 Å². The van der Waals surface area contributed by atoms with E-state index in [1.165, 1.54) is 0 Å². The van der Waals surface area contributed by atoms with Gasteiger partial charge in [-0.1, -0.05) is 20.3 Å². The minimum absolute atomic E-state index is 0.0463. The molecule has 2 fully saturated rings. The Morgan fingerprint density at radius 2 is 1.68 bits per heavy atom. The SMILES string of the molecule is CC(C)CC(=O)N1CCC(NS(=O)(=O)N2CCCCC2)CC1. The third-order valence-corrected chi connectivity index (χ3v) is 6.08. The van der Waals surface area contributed by atoms with Crippen LogP contribution in [0.3, 0.4) is 0 Å². The standard InChI is InChI=1S/C15H29N3O3S/c1-13(2)12-15(19)17-10-6-14(7-11-17)16-22(20,21)18-8-4-3-5-9-18/h13-14,16H,3-12H2,1-2H3. The highest BCUT2D eigenvalue weighted by Crippen LogP contribution is 2.17. The van der Waals surface area contributed by atoms with E-state index >= 15 is 0 Å². The summed E-state index contributed by atoms with van der Waals surface area (Å²) >= 11 is 0. The number of carbonyl (C=O) groups excluding carboxylic acids is 1. The van der Waals surface area contributed by atoms with Crippen molar-refractivity contribution in [3.8, 4) is 0 Å². The van der Waals surface area contributed by atoms with Crippen molar-refractivity contribution in [2.75, 3.05) is 26.2 Å². The lowest BCUT2D eigenvalue weighted by atomic mass is 10.0. The van der Waals surface area contributed by atoms with Crippen molar-refractivity contribution >= 4 is 16.1 Å². The molecule has 0 spiro atoms. The average molecular weight is 331 g/mol. The van der Waals surface area contributed by atoms with Gasteiger partial charge in [0.2, 0.25) is 5.91 Å². The summed E-state index contributed by atoms with van der Waals surface area (Å²) in [5.41, 5.74) is 0. The van der Waals surface area contributed by atoms with Crippen LogP contribution in [0.1, 0.15) is 52.4 Å². The lowest BCUT2D eigenvalue weighted by molar-refractivity contribution is -0.133. The minimum Gasteiger partial charge on any atom is -0.343 e. The molecule has 0 saturated carbocycles. The minimum atomic E-state index is -3.36. The van der Waals surface area contributed by atoms with E-state index in [0.29, 0.717) is 51.4 Å². The van der Waals surface area contributed by atoms with Crippen LogP contribution in [0.25, 0.3) is 0 Å². The van der Waals surface area contributed by atoms with Gasteiger partial charge in [-0.3, -0.25) is 4.79 Å². The zero-order valence-corrected chi connectivity index (χ0v) is 14.6. The van der Waals surface area contributed by atoms with Crippen LogP contribution >= 0.6 is 0 Å². The number of carbonyl (C=O) groups is 1. The fraction of sp³-hybridized carbons (Fsp3) is 0.933. The zero-order chi connectivity index (χ0) is 16.2. The molecule has 0 aromatic carbocycles. The molecular formula is C15H29N3O3S. The molecule has 0 bridgehead atoms. The van der Waals surface area contributed by atoms with Gasteiger partial charge >= 0.3 is 0 Å². The van der Waals surface area contributed by atoms with Crippen LogP contribution in [0.5, 0.6) is 0 Å². The number of hydrogen-bond donors (Lipinski definition) is 1. The van der Waals surface area contributed by atoms with Gasteiger partial charge < -0.3 is 4.90 Å². The smallest absolute Gasteiger partial charge is 0.279 e. The lowest BCUT2D eigenvalue weighted by Gasteiger charge is -2.34. The summed E-state index contributed by atoms with van der Waals surface area (Å²) in [7, 11) is -3.36. The van der Waals surface area contributed by atoms with Crippen LogP contribution in [0.4, 0.5) is 0 Å². The Kier molecular flexibility index (Phi) is 6.23. The van der Waals surface area contributed by atoms with E-state index in [-0.39, 0.29) is 11.9 Å². The van der Waals surface area contributed by atoms with Gasteiger partial charge in [0.05, 0.1) is 0 Å². The molecule has 2 rings (SSSR count). The molecule has 1 N–H and O–H groups in total. The summed E-state index contributed by atoms with van der Waals surface area (Å²) in [5.74, 6) is 0.551. The Balaban J connectivity index is 1.80. The van der Waals surface area contributed by atoms with Gasteiger partial charge in [-0.2, -0.15) is 17.4 Å². The molecule has 0 aromatic heterocycles. The van der Waals surface area contributed by atoms with E-state index in [0.717, 1.165) is 19.3 Å². The molecule has 2 aliphatic heterocycles. The monoisotopic (exact) mass is 331 g/mol. The first-order valence-corrected chi connectivity index (χ1v) is 9.87. The molecule has 6 nitrogen and oxygen atoms in total. The summed E-state index contributed by atoms with van der Waals surface area (Å²) in [6.45, 7) is 6.63. The number of nitrogens with zero attached hydrogens (tertiary/aromatic N) is 2. The van der Waals surface area contributed by atoms with Crippen LogP contribution < -0.4 is 4.72 Å². The van der Waals surface area contributed by atoms with E-state index in [4.69, 9.17) is 0 Å². The fourth-order valence-corrected chi connectivity index (χ4v) is 4.66. The second-order valence-corrected chi connectivity index (χ2v) is 8.54. The first-order chi connectivity index (χ1) is 10.4. The van der Waals surface area contributed by atoms with Crippen LogP contribution in [-0.4, -0.2) is 55.8 Å². The third kappa shape index (κ3) is 4.93. The Hall–Kier alpha value is -0.660. The summed E-state index contributed by atoms with van der Waals surface area (Å²) in [6.07, 6.45) is 4.99. The number of piperidine rings is 2. The highest BCUT2D eigenvalue weighted by Gasteiger charge is 2.29. The normalized spacial score (nSPS) is 22.2. The molecule has 1 amide bonds. The molecule has 2 saturated heterocycles. The average Bonchev–Trinajstić information content (AvgIpc) is 2.48. The Morgan fingerprint density at radius 1 is 1.09 bits per heavy atom. The summed E-state index contributed by atoms with van der Waals surface area (Å²) in [4.78, 5) is 13.9. The number of likely N-dealkylation sites (tertiary alicyclic amines) is 1. The summed E-state index contributed by atoms with van der Waals surface area (Å²) in [6, 6.07) is -0.0463. The summed E-state index contributed by atoms with van der Waals surface area (Å²) < 4.78 is 29.1. The van der Waals surface area contributed by atoms with Gasteiger partial charge in [0.1, 0.15) is 0 Å². The van der Waals surface area contributed by atoms with E-state index in [9.17, 15) is 13.2 Å². The molecule has 0 unspecified atom stereocenters. The predicted molar refractivity (Wildman–Crippen MR) is 86.5 cm³/mol. The van der Waals surface area contributed by atoms with Crippen LogP contribution in [0.15, 0.2) is 0 Å². The first-order valence-electron chi connectivity index (χ1n) is 8.43. The largest absolute Gasteiger partial charge is 0.343 e. The molecule has 2 aliphatic rings. The Labute approximate surface area is 134 Å². The fourth-order valence-electron chi connectivity index (χ4n) is 3.12. The van der Waals surface area contributed by atoms with E-state index in [2.05, 4.69) is 4.72 Å². The molecule has 22 heavy (non-hydrogen) atoms. The highest BCUT2D eigenvalue weighted by molar-refractivity contribution is 7.87. The van der Waals surface area contributed by atoms with Crippen molar-refractivity contribution in [2.24, 2.45) is 5.92 Å². The van der Waals surface area contributed by atoms with Crippen LogP contribution in [-0.2, 0) is 15.0 Å². The maximum absolute atomic E-state index is 12.3.